The highest BCUT2D eigenvalue weighted by Gasteiger charge is 2.24. The number of benzene rings is 6. The Kier molecular flexibility index (Phi) is 18.1. The molecule has 4 atom stereocenters. The lowest BCUT2D eigenvalue weighted by atomic mass is 9.94. The number of carbonyl (C=O) groups excluding carboxylic acids is 2. The molecule has 0 aliphatic carbocycles. The van der Waals surface area contributed by atoms with Crippen molar-refractivity contribution in [2.75, 3.05) is 24.7 Å². The van der Waals surface area contributed by atoms with Crippen LogP contribution < -0.4 is 0 Å². The number of Topliss-reactive ketones (excluding diaryl/α,β-unsaturated/α-hetero) is 2. The lowest BCUT2D eigenvalue weighted by molar-refractivity contribution is -0.126. The average Bonchev–Trinajstić information content (AvgIpc) is 3.27. The second kappa shape index (κ2) is 23.4. The highest BCUT2D eigenvalue weighted by atomic mass is 35.5. The summed E-state index contributed by atoms with van der Waals surface area (Å²) in [6, 6.07) is 50.1. The molecule has 0 radical (unpaired) electrons. The van der Waals surface area contributed by atoms with Crippen molar-refractivity contribution in [3.8, 4) is 22.3 Å². The first-order valence-electron chi connectivity index (χ1n) is 18.8. The number of thioether (sulfide) groups is 2. The van der Waals surface area contributed by atoms with Crippen LogP contribution in [0.1, 0.15) is 36.2 Å². The standard InChI is InChI=1S/2C24H23ClO3S/c2*25-21-12-10-18(11-13-21)17-6-8-19(9-7-17)23(27)14-20(24(28)15-26)16-29-22-4-2-1-3-5-22/h2*1-13,20,23,26-27H,14-16H2/t20-,23+;20-,23-/m11/s1. The summed E-state index contributed by atoms with van der Waals surface area (Å²) in [6.45, 7) is -1.02. The fourth-order valence-corrected chi connectivity index (χ4v) is 8.54. The number of aliphatic hydroxyl groups is 4. The number of hydrogen-bond acceptors (Lipinski definition) is 8. The van der Waals surface area contributed by atoms with Crippen molar-refractivity contribution in [2.24, 2.45) is 11.8 Å². The van der Waals surface area contributed by atoms with Gasteiger partial charge >= 0.3 is 0 Å². The first-order valence-corrected chi connectivity index (χ1v) is 21.6. The molecule has 0 amide bonds. The van der Waals surface area contributed by atoms with Crippen molar-refractivity contribution in [1.29, 1.82) is 0 Å². The van der Waals surface area contributed by atoms with Crippen LogP contribution in [0, 0.1) is 11.8 Å². The largest absolute Gasteiger partial charge is 0.389 e. The molecule has 6 rings (SSSR count). The van der Waals surface area contributed by atoms with Crippen LogP contribution in [-0.2, 0) is 9.59 Å². The van der Waals surface area contributed by atoms with Crippen molar-refractivity contribution in [1.82, 2.24) is 0 Å². The molecule has 58 heavy (non-hydrogen) atoms. The summed E-state index contributed by atoms with van der Waals surface area (Å²) in [5.41, 5.74) is 5.65. The predicted octanol–water partition coefficient (Wildman–Crippen LogP) is 10.8. The third-order valence-electron chi connectivity index (χ3n) is 9.57. The van der Waals surface area contributed by atoms with E-state index in [-0.39, 0.29) is 24.4 Å². The summed E-state index contributed by atoms with van der Waals surface area (Å²) < 4.78 is 0. The van der Waals surface area contributed by atoms with Crippen LogP contribution in [0.4, 0.5) is 0 Å². The smallest absolute Gasteiger partial charge is 0.162 e. The van der Waals surface area contributed by atoms with Gasteiger partial charge in [-0.15, -0.1) is 23.5 Å². The molecule has 0 aliphatic rings. The summed E-state index contributed by atoms with van der Waals surface area (Å²) in [6.07, 6.45) is -0.990. The molecule has 0 aliphatic heterocycles. The molecule has 0 saturated carbocycles. The third kappa shape index (κ3) is 14.0. The van der Waals surface area contributed by atoms with Crippen LogP contribution in [0.5, 0.6) is 0 Å². The van der Waals surface area contributed by atoms with E-state index in [0.717, 1.165) is 43.2 Å². The summed E-state index contributed by atoms with van der Waals surface area (Å²) in [5, 5.41) is 41.4. The Bertz CT molecular complexity index is 1980. The molecule has 6 aromatic rings. The van der Waals surface area contributed by atoms with Gasteiger partial charge in [0.15, 0.2) is 11.6 Å². The molecule has 0 bridgehead atoms. The van der Waals surface area contributed by atoms with E-state index in [1.807, 2.05) is 158 Å². The minimum atomic E-state index is -0.772. The van der Waals surface area contributed by atoms with Gasteiger partial charge in [-0.3, -0.25) is 9.59 Å². The second-order valence-electron chi connectivity index (χ2n) is 13.7. The van der Waals surface area contributed by atoms with Crippen LogP contribution in [0.2, 0.25) is 10.0 Å². The highest BCUT2D eigenvalue weighted by molar-refractivity contribution is 7.99. The quantitative estimate of drug-likeness (QED) is 0.0632. The van der Waals surface area contributed by atoms with Gasteiger partial charge in [0, 0.05) is 43.2 Å². The van der Waals surface area contributed by atoms with Gasteiger partial charge in [-0.1, -0.05) is 132 Å². The Morgan fingerprint density at radius 1 is 0.448 bits per heavy atom. The maximum Gasteiger partial charge on any atom is 0.162 e. The second-order valence-corrected chi connectivity index (χ2v) is 16.7. The molecule has 0 fully saturated rings. The molecule has 0 spiro atoms. The van der Waals surface area contributed by atoms with E-state index in [1.165, 1.54) is 0 Å². The van der Waals surface area contributed by atoms with Gasteiger partial charge in [0.2, 0.25) is 0 Å². The van der Waals surface area contributed by atoms with Gasteiger partial charge < -0.3 is 20.4 Å². The number of carbonyl (C=O) groups is 2. The number of hydrogen-bond donors (Lipinski definition) is 4. The zero-order valence-electron chi connectivity index (χ0n) is 31.7. The molecule has 6 aromatic carbocycles. The topological polar surface area (TPSA) is 115 Å². The Morgan fingerprint density at radius 2 is 0.741 bits per heavy atom. The summed E-state index contributed by atoms with van der Waals surface area (Å²) >= 11 is 15.0. The molecule has 6 nitrogen and oxygen atoms in total. The third-order valence-corrected chi connectivity index (χ3v) is 12.4. The number of aliphatic hydroxyl groups excluding tert-OH is 4. The van der Waals surface area contributed by atoms with Crippen molar-refractivity contribution >= 4 is 58.3 Å². The van der Waals surface area contributed by atoms with E-state index in [2.05, 4.69) is 0 Å². The van der Waals surface area contributed by atoms with E-state index >= 15 is 0 Å². The Hall–Kier alpha value is -4.22. The minimum absolute atomic E-state index is 0.245. The van der Waals surface area contributed by atoms with Crippen LogP contribution in [0.25, 0.3) is 22.3 Å². The van der Waals surface area contributed by atoms with Crippen molar-refractivity contribution in [3.05, 3.63) is 179 Å². The van der Waals surface area contributed by atoms with E-state index in [1.54, 1.807) is 23.5 Å². The molecule has 0 heterocycles. The van der Waals surface area contributed by atoms with Crippen molar-refractivity contribution in [2.45, 2.75) is 34.8 Å². The highest BCUT2D eigenvalue weighted by Crippen LogP contribution is 2.31. The van der Waals surface area contributed by atoms with Gasteiger partial charge in [0.1, 0.15) is 13.2 Å². The van der Waals surface area contributed by atoms with Gasteiger partial charge in [-0.05, 0) is 94.8 Å². The molecule has 4 N–H and O–H groups in total. The van der Waals surface area contributed by atoms with E-state index in [9.17, 15) is 30.0 Å². The average molecular weight is 854 g/mol. The summed E-state index contributed by atoms with van der Waals surface area (Å²) in [5.74, 6) is -0.296. The fourth-order valence-electron chi connectivity index (χ4n) is 6.16. The van der Waals surface area contributed by atoms with Crippen LogP contribution in [0.15, 0.2) is 168 Å². The Labute approximate surface area is 358 Å². The first-order chi connectivity index (χ1) is 28.1. The molecule has 300 valence electrons. The summed E-state index contributed by atoms with van der Waals surface area (Å²) in [4.78, 5) is 26.5. The summed E-state index contributed by atoms with van der Waals surface area (Å²) in [7, 11) is 0. The van der Waals surface area contributed by atoms with Gasteiger partial charge in [-0.25, -0.2) is 0 Å². The first kappa shape index (κ1) is 44.9. The Balaban J connectivity index is 0.000000221. The van der Waals surface area contributed by atoms with Crippen molar-refractivity contribution < 1.29 is 30.0 Å². The number of halogens is 2. The lowest BCUT2D eigenvalue weighted by Crippen LogP contribution is -2.23. The van der Waals surface area contributed by atoms with Gasteiger partial charge in [-0.2, -0.15) is 0 Å². The molecule has 0 saturated heterocycles. The van der Waals surface area contributed by atoms with Crippen molar-refractivity contribution in [3.63, 3.8) is 0 Å². The van der Waals surface area contributed by atoms with Gasteiger partial charge in [0.05, 0.1) is 12.2 Å². The predicted molar refractivity (Wildman–Crippen MR) is 238 cm³/mol. The van der Waals surface area contributed by atoms with E-state index < -0.39 is 37.3 Å². The fraction of sp³-hybridized carbons (Fsp3) is 0.208. The Morgan fingerprint density at radius 3 is 1.03 bits per heavy atom. The number of rotatable bonds is 18. The molecular formula is C48H46Cl2O6S2. The van der Waals surface area contributed by atoms with E-state index in [0.29, 0.717) is 21.6 Å². The van der Waals surface area contributed by atoms with Crippen LogP contribution in [-0.4, -0.2) is 56.7 Å². The SMILES string of the molecule is O=C(CO)[C@@H](CSc1ccccc1)C[C@@H](O)c1ccc(-c2ccc(Cl)cc2)cc1.O=C(CO)[C@@H](CSc1ccccc1)C[C@H](O)c1ccc(-c2ccc(Cl)cc2)cc1. The van der Waals surface area contributed by atoms with E-state index in [4.69, 9.17) is 23.2 Å². The van der Waals surface area contributed by atoms with Crippen LogP contribution in [0.3, 0.4) is 0 Å². The van der Waals surface area contributed by atoms with Gasteiger partial charge in [0.25, 0.3) is 0 Å². The maximum absolute atomic E-state index is 12.2. The normalized spacial score (nSPS) is 13.1. The zero-order valence-corrected chi connectivity index (χ0v) is 34.9. The molecule has 0 aromatic heterocycles. The monoisotopic (exact) mass is 852 g/mol. The molecular weight excluding hydrogens is 808 g/mol. The molecule has 0 unspecified atom stereocenters. The van der Waals surface area contributed by atoms with Crippen LogP contribution >= 0.6 is 46.7 Å². The minimum Gasteiger partial charge on any atom is -0.389 e. The maximum atomic E-state index is 12.2. The lowest BCUT2D eigenvalue weighted by Gasteiger charge is -2.19. The number of ketones is 2. The molecule has 10 heteroatoms. The zero-order chi connectivity index (χ0) is 41.3.